The van der Waals surface area contributed by atoms with Gasteiger partial charge in [-0.15, -0.1) is 0 Å². The summed E-state index contributed by atoms with van der Waals surface area (Å²) in [6.45, 7) is 1.70. The largest absolute Gasteiger partial charge is 0.390 e. The van der Waals surface area contributed by atoms with E-state index in [1.165, 1.54) is 23.0 Å². The van der Waals surface area contributed by atoms with Gasteiger partial charge in [-0.05, 0) is 44.4 Å². The zero-order valence-electron chi connectivity index (χ0n) is 14.6. The van der Waals surface area contributed by atoms with Crippen LogP contribution in [0.25, 0.3) is 0 Å². The fraction of sp³-hybridized carbons (Fsp3) is 0.389. The van der Waals surface area contributed by atoms with Gasteiger partial charge >= 0.3 is 0 Å². The van der Waals surface area contributed by atoms with Gasteiger partial charge < -0.3 is 16.2 Å². The molecule has 1 aliphatic rings. The number of nitriles is 1. The minimum Gasteiger partial charge on any atom is -0.390 e. The molecule has 0 spiro atoms. The number of nitrogens with one attached hydrogen (secondary N) is 1. The number of aliphatic hydroxyl groups is 1. The highest BCUT2D eigenvalue weighted by atomic mass is 35.5. The first-order chi connectivity index (χ1) is 12.7. The molecule has 3 atom stereocenters. The van der Waals surface area contributed by atoms with Gasteiger partial charge in [-0.3, -0.25) is 9.48 Å². The number of anilines is 2. The average molecular weight is 392 g/mol. The SMILES string of the molecule is C[C@@]1(O)CC[C@H](n2cc(C(N)=O)c(Nc3ccc(Cl)c(F)c3)n2)[C@@H](C#N)C1. The number of nitrogens with zero attached hydrogens (tertiary/aromatic N) is 3. The topological polar surface area (TPSA) is 117 Å². The third-order valence-electron chi connectivity index (χ3n) is 4.79. The second-order valence-electron chi connectivity index (χ2n) is 7.03. The van der Waals surface area contributed by atoms with Gasteiger partial charge in [0.25, 0.3) is 5.91 Å². The van der Waals surface area contributed by atoms with Crippen molar-refractivity contribution >= 4 is 29.0 Å². The lowest BCUT2D eigenvalue weighted by atomic mass is 9.77. The zero-order valence-corrected chi connectivity index (χ0v) is 15.4. The van der Waals surface area contributed by atoms with Crippen LogP contribution in [0.3, 0.4) is 0 Å². The van der Waals surface area contributed by atoms with Crippen LogP contribution in [0.1, 0.15) is 42.6 Å². The maximum absolute atomic E-state index is 13.7. The number of rotatable bonds is 4. The van der Waals surface area contributed by atoms with Crippen LogP contribution in [0.2, 0.25) is 5.02 Å². The molecule has 1 saturated carbocycles. The van der Waals surface area contributed by atoms with Crippen LogP contribution in [-0.4, -0.2) is 26.4 Å². The van der Waals surface area contributed by atoms with E-state index in [9.17, 15) is 19.6 Å². The van der Waals surface area contributed by atoms with E-state index in [1.54, 1.807) is 13.0 Å². The van der Waals surface area contributed by atoms with E-state index < -0.39 is 23.2 Å². The van der Waals surface area contributed by atoms with E-state index in [4.69, 9.17) is 17.3 Å². The van der Waals surface area contributed by atoms with Crippen molar-refractivity contribution in [3.05, 3.63) is 40.8 Å². The van der Waals surface area contributed by atoms with E-state index in [0.717, 1.165) is 0 Å². The van der Waals surface area contributed by atoms with Gasteiger partial charge in [0.15, 0.2) is 5.82 Å². The molecule has 9 heteroatoms. The highest BCUT2D eigenvalue weighted by molar-refractivity contribution is 6.30. The van der Waals surface area contributed by atoms with E-state index in [2.05, 4.69) is 16.5 Å². The molecule has 0 saturated heterocycles. The lowest BCUT2D eigenvalue weighted by Crippen LogP contribution is -2.37. The summed E-state index contributed by atoms with van der Waals surface area (Å²) in [5.74, 6) is -1.61. The number of benzene rings is 1. The van der Waals surface area contributed by atoms with Crippen LogP contribution < -0.4 is 11.1 Å². The monoisotopic (exact) mass is 391 g/mol. The quantitative estimate of drug-likeness (QED) is 0.740. The highest BCUT2D eigenvalue weighted by Crippen LogP contribution is 2.39. The van der Waals surface area contributed by atoms with E-state index in [0.29, 0.717) is 24.9 Å². The Balaban J connectivity index is 1.92. The Morgan fingerprint density at radius 3 is 2.96 bits per heavy atom. The van der Waals surface area contributed by atoms with E-state index >= 15 is 0 Å². The van der Waals surface area contributed by atoms with Crippen molar-refractivity contribution in [2.45, 2.75) is 37.8 Å². The fourth-order valence-electron chi connectivity index (χ4n) is 3.36. The second kappa shape index (κ2) is 7.18. The number of nitrogens with two attached hydrogens (primary N) is 1. The number of hydrogen-bond acceptors (Lipinski definition) is 5. The Labute approximate surface area is 160 Å². The molecule has 1 heterocycles. The van der Waals surface area contributed by atoms with Crippen molar-refractivity contribution in [1.82, 2.24) is 9.78 Å². The molecule has 0 unspecified atom stereocenters. The molecule has 1 aromatic carbocycles. The maximum Gasteiger partial charge on any atom is 0.254 e. The van der Waals surface area contributed by atoms with Crippen molar-refractivity contribution in [2.75, 3.05) is 5.32 Å². The van der Waals surface area contributed by atoms with Gasteiger partial charge in [0.05, 0.1) is 28.7 Å². The third-order valence-corrected chi connectivity index (χ3v) is 5.09. The molecule has 1 aromatic heterocycles. The molecule has 4 N–H and O–H groups in total. The third kappa shape index (κ3) is 4.04. The van der Waals surface area contributed by atoms with Crippen LogP contribution in [0.5, 0.6) is 0 Å². The molecule has 3 rings (SSSR count). The van der Waals surface area contributed by atoms with Crippen LogP contribution in [0, 0.1) is 23.1 Å². The van der Waals surface area contributed by atoms with Crippen LogP contribution in [-0.2, 0) is 0 Å². The van der Waals surface area contributed by atoms with Gasteiger partial charge in [-0.25, -0.2) is 4.39 Å². The molecular formula is C18H19ClFN5O2. The Bertz CT molecular complexity index is 921. The van der Waals surface area contributed by atoms with Gasteiger partial charge in [0.2, 0.25) is 0 Å². The predicted octanol–water partition coefficient (Wildman–Crippen LogP) is 3.13. The Morgan fingerprint density at radius 1 is 1.59 bits per heavy atom. The molecule has 2 aromatic rings. The first-order valence-electron chi connectivity index (χ1n) is 8.43. The molecule has 7 nitrogen and oxygen atoms in total. The summed E-state index contributed by atoms with van der Waals surface area (Å²) in [5, 5.41) is 26.9. The molecular weight excluding hydrogens is 373 g/mol. The molecule has 1 amide bonds. The number of halogens is 2. The number of aromatic nitrogens is 2. The summed E-state index contributed by atoms with van der Waals surface area (Å²) < 4.78 is 15.2. The number of amides is 1. The maximum atomic E-state index is 13.7. The van der Waals surface area contributed by atoms with Crippen molar-refractivity contribution < 1.29 is 14.3 Å². The summed E-state index contributed by atoms with van der Waals surface area (Å²) in [7, 11) is 0. The molecule has 0 aliphatic heterocycles. The summed E-state index contributed by atoms with van der Waals surface area (Å²) in [4.78, 5) is 11.8. The number of carbonyl (C=O) groups is 1. The van der Waals surface area contributed by atoms with Crippen LogP contribution in [0.15, 0.2) is 24.4 Å². The smallest absolute Gasteiger partial charge is 0.254 e. The molecule has 0 radical (unpaired) electrons. The molecule has 1 aliphatic carbocycles. The summed E-state index contributed by atoms with van der Waals surface area (Å²) >= 11 is 5.68. The molecule has 1 fully saturated rings. The van der Waals surface area contributed by atoms with E-state index in [1.807, 2.05) is 0 Å². The summed E-state index contributed by atoms with van der Waals surface area (Å²) in [6, 6.07) is 6.02. The van der Waals surface area contributed by atoms with Crippen molar-refractivity contribution in [1.29, 1.82) is 5.26 Å². The lowest BCUT2D eigenvalue weighted by molar-refractivity contribution is -0.00689. The second-order valence-corrected chi connectivity index (χ2v) is 7.44. The van der Waals surface area contributed by atoms with E-state index in [-0.39, 0.29) is 22.4 Å². The lowest BCUT2D eigenvalue weighted by Gasteiger charge is -2.36. The molecule has 142 valence electrons. The van der Waals surface area contributed by atoms with Crippen molar-refractivity contribution in [3.8, 4) is 6.07 Å². The predicted molar refractivity (Wildman–Crippen MR) is 98.1 cm³/mol. The fourth-order valence-corrected chi connectivity index (χ4v) is 3.48. The van der Waals surface area contributed by atoms with Crippen LogP contribution >= 0.6 is 11.6 Å². The minimum absolute atomic E-state index is 0.0210. The Hall–Kier alpha value is -2.63. The highest BCUT2D eigenvalue weighted by Gasteiger charge is 2.38. The van der Waals surface area contributed by atoms with Gasteiger partial charge in [-0.1, -0.05) is 11.6 Å². The van der Waals surface area contributed by atoms with Gasteiger partial charge in [-0.2, -0.15) is 10.4 Å². The summed E-state index contributed by atoms with van der Waals surface area (Å²) in [5.41, 5.74) is 5.02. The Morgan fingerprint density at radius 2 is 2.33 bits per heavy atom. The van der Waals surface area contributed by atoms with Gasteiger partial charge in [0, 0.05) is 11.9 Å². The standard InChI is InChI=1S/C18H19ClFN5O2/c1-18(27)5-4-15(10(7-18)8-21)25-9-12(16(22)26)17(24-25)23-11-2-3-13(19)14(20)6-11/h2-3,6,9-10,15,27H,4-5,7H2,1H3,(H2,22,26)(H,23,24)/t10-,15+,18-/m1/s1. The first-order valence-corrected chi connectivity index (χ1v) is 8.81. The zero-order chi connectivity index (χ0) is 19.8. The van der Waals surface area contributed by atoms with Crippen molar-refractivity contribution in [2.24, 2.45) is 11.7 Å². The normalized spacial score (nSPS) is 25.0. The number of primary amides is 1. The van der Waals surface area contributed by atoms with Crippen molar-refractivity contribution in [3.63, 3.8) is 0 Å². The Kier molecular flexibility index (Phi) is 5.09. The first kappa shape index (κ1) is 19.1. The average Bonchev–Trinajstić information content (AvgIpc) is 3.01. The summed E-state index contributed by atoms with van der Waals surface area (Å²) in [6.07, 6.45) is 2.82. The minimum atomic E-state index is -0.904. The number of carbonyl (C=O) groups excluding carboxylic acids is 1. The van der Waals surface area contributed by atoms with Crippen LogP contribution in [0.4, 0.5) is 15.9 Å². The molecule has 0 bridgehead atoms. The van der Waals surface area contributed by atoms with Gasteiger partial charge in [0.1, 0.15) is 11.4 Å². The molecule has 27 heavy (non-hydrogen) atoms. The number of hydrogen-bond donors (Lipinski definition) is 3.